The smallest absolute Gasteiger partial charge is 0.261 e. The summed E-state index contributed by atoms with van der Waals surface area (Å²) in [5.74, 6) is 3.79. The van der Waals surface area contributed by atoms with Crippen LogP contribution in [0.15, 0.2) is 16.9 Å². The second-order valence-corrected chi connectivity index (χ2v) is 11.9. The molecule has 0 atom stereocenters. The van der Waals surface area contributed by atoms with E-state index in [0.29, 0.717) is 18.5 Å². The van der Waals surface area contributed by atoms with Gasteiger partial charge in [-0.1, -0.05) is 0 Å². The van der Waals surface area contributed by atoms with Gasteiger partial charge >= 0.3 is 0 Å². The Kier molecular flexibility index (Phi) is 7.95. The molecule has 5 aliphatic rings. The summed E-state index contributed by atoms with van der Waals surface area (Å²) in [6, 6.07) is 4.16. The lowest BCUT2D eigenvalue weighted by molar-refractivity contribution is -0.0347. The van der Waals surface area contributed by atoms with Gasteiger partial charge in [-0.05, 0) is 113 Å². The lowest BCUT2D eigenvalue weighted by atomic mass is 9.52. The van der Waals surface area contributed by atoms with Crippen molar-refractivity contribution in [2.45, 2.75) is 64.0 Å². The summed E-state index contributed by atoms with van der Waals surface area (Å²) in [4.78, 5) is 33.7. The van der Waals surface area contributed by atoms with E-state index in [4.69, 9.17) is 4.74 Å². The average molecular weight is 485 g/mol. The molecule has 7 heteroatoms. The summed E-state index contributed by atoms with van der Waals surface area (Å²) in [5.41, 5.74) is 0.844. The van der Waals surface area contributed by atoms with Gasteiger partial charge in [-0.15, -0.1) is 0 Å². The van der Waals surface area contributed by atoms with E-state index in [0.717, 1.165) is 81.4 Å². The number of pyridine rings is 1. The minimum absolute atomic E-state index is 0.223. The van der Waals surface area contributed by atoms with Gasteiger partial charge in [0.1, 0.15) is 5.56 Å². The maximum absolute atomic E-state index is 12.9. The fraction of sp³-hybridized carbons (Fsp3) is 0.786. The third kappa shape index (κ3) is 5.83. The Labute approximate surface area is 210 Å². The molecule has 1 aromatic heterocycles. The van der Waals surface area contributed by atoms with Crippen molar-refractivity contribution in [3.05, 3.63) is 33.7 Å². The standard InChI is InChI=1S/C28H44N4O3/c1-31-9-6-24(7-10-31)32(8-3-11-35-2)18-23-4-5-25(28(34)30-23)27(33)29-17-26-21-13-19-12-20(15-21)16-22(26)14-19/h4-5,19-22,24,26H,3,6-18H2,1-2H3,(H,29,33)(H,30,34). The molecule has 1 saturated heterocycles. The first-order chi connectivity index (χ1) is 17.0. The van der Waals surface area contributed by atoms with E-state index in [-0.39, 0.29) is 17.0 Å². The van der Waals surface area contributed by atoms with Crippen LogP contribution < -0.4 is 10.9 Å². The maximum atomic E-state index is 12.9. The van der Waals surface area contributed by atoms with Crippen LogP contribution in [0.4, 0.5) is 0 Å². The molecule has 0 aromatic carbocycles. The molecule has 0 spiro atoms. The Morgan fingerprint density at radius 1 is 1.11 bits per heavy atom. The van der Waals surface area contributed by atoms with Crippen LogP contribution in [0.5, 0.6) is 0 Å². The summed E-state index contributed by atoms with van der Waals surface area (Å²) in [5, 5.41) is 3.13. The summed E-state index contributed by atoms with van der Waals surface area (Å²) < 4.78 is 5.27. The zero-order valence-corrected chi connectivity index (χ0v) is 21.6. The lowest BCUT2D eigenvalue weighted by Gasteiger charge is -2.54. The average Bonchev–Trinajstić information content (AvgIpc) is 2.83. The predicted molar refractivity (Wildman–Crippen MR) is 137 cm³/mol. The predicted octanol–water partition coefficient (Wildman–Crippen LogP) is 3.11. The second kappa shape index (κ2) is 11.1. The number of methoxy groups -OCH3 is 1. The first-order valence-corrected chi connectivity index (χ1v) is 13.9. The first-order valence-electron chi connectivity index (χ1n) is 13.9. The van der Waals surface area contributed by atoms with E-state index in [1.54, 1.807) is 13.2 Å². The number of ether oxygens (including phenoxy) is 1. The second-order valence-electron chi connectivity index (χ2n) is 11.9. The number of H-pyrrole nitrogens is 1. The number of likely N-dealkylation sites (tertiary alicyclic amines) is 1. The normalized spacial score (nSPS) is 30.8. The first kappa shape index (κ1) is 25.0. The van der Waals surface area contributed by atoms with Crippen LogP contribution in [0.25, 0.3) is 0 Å². The summed E-state index contributed by atoms with van der Waals surface area (Å²) >= 11 is 0. The number of nitrogens with one attached hydrogen (secondary N) is 2. The third-order valence-corrected chi connectivity index (χ3v) is 9.51. The molecular weight excluding hydrogens is 440 g/mol. The quantitative estimate of drug-likeness (QED) is 0.499. The SMILES string of the molecule is COCCCN(Cc1ccc(C(=O)NCC2C3CC4CC(C3)CC2C4)c(=O)[nH]1)C1CCN(C)CC1. The zero-order valence-electron chi connectivity index (χ0n) is 21.6. The molecule has 1 aliphatic heterocycles. The summed E-state index contributed by atoms with van der Waals surface area (Å²) in [6.07, 6.45) is 10.1. The molecular formula is C28H44N4O3. The van der Waals surface area contributed by atoms with Gasteiger partial charge in [0.05, 0.1) is 0 Å². The van der Waals surface area contributed by atoms with Gasteiger partial charge in [0.25, 0.3) is 11.5 Å². The number of hydrogen-bond donors (Lipinski definition) is 2. The molecule has 4 saturated carbocycles. The minimum Gasteiger partial charge on any atom is -0.385 e. The number of nitrogens with zero attached hydrogens (tertiary/aromatic N) is 2. The fourth-order valence-electron chi connectivity index (χ4n) is 7.84. The highest BCUT2D eigenvalue weighted by molar-refractivity contribution is 5.93. The van der Waals surface area contributed by atoms with Crippen molar-refractivity contribution in [1.29, 1.82) is 0 Å². The van der Waals surface area contributed by atoms with Crippen molar-refractivity contribution in [2.24, 2.45) is 29.6 Å². The van der Waals surface area contributed by atoms with Crippen molar-refractivity contribution in [3.8, 4) is 0 Å². The van der Waals surface area contributed by atoms with Crippen LogP contribution in [-0.2, 0) is 11.3 Å². The highest BCUT2D eigenvalue weighted by Gasteiger charge is 2.48. The largest absolute Gasteiger partial charge is 0.385 e. The van der Waals surface area contributed by atoms with E-state index in [2.05, 4.69) is 27.1 Å². The van der Waals surface area contributed by atoms with Crippen molar-refractivity contribution < 1.29 is 9.53 Å². The Balaban J connectivity index is 1.18. The topological polar surface area (TPSA) is 77.7 Å². The van der Waals surface area contributed by atoms with Crippen molar-refractivity contribution in [2.75, 3.05) is 46.9 Å². The van der Waals surface area contributed by atoms with E-state index in [9.17, 15) is 9.59 Å². The van der Waals surface area contributed by atoms with Crippen molar-refractivity contribution in [1.82, 2.24) is 20.1 Å². The minimum atomic E-state index is -0.273. The molecule has 6 rings (SSSR count). The van der Waals surface area contributed by atoms with E-state index in [1.807, 2.05) is 6.07 Å². The number of rotatable bonds is 10. The Hall–Kier alpha value is -1.70. The zero-order chi connectivity index (χ0) is 24.4. The van der Waals surface area contributed by atoms with E-state index in [1.165, 1.54) is 32.1 Å². The van der Waals surface area contributed by atoms with Crippen molar-refractivity contribution in [3.63, 3.8) is 0 Å². The number of hydrogen-bond acceptors (Lipinski definition) is 5. The van der Waals surface area contributed by atoms with Gasteiger partial charge in [-0.2, -0.15) is 0 Å². The van der Waals surface area contributed by atoms with Gasteiger partial charge in [0.2, 0.25) is 0 Å². The highest BCUT2D eigenvalue weighted by Crippen LogP contribution is 2.56. The molecule has 2 N–H and O–H groups in total. The molecule has 0 radical (unpaired) electrons. The molecule has 0 unspecified atom stereocenters. The van der Waals surface area contributed by atoms with E-state index >= 15 is 0 Å². The molecule has 5 fully saturated rings. The highest BCUT2D eigenvalue weighted by atomic mass is 16.5. The van der Waals surface area contributed by atoms with Gasteiger partial charge in [0, 0.05) is 45.1 Å². The van der Waals surface area contributed by atoms with Gasteiger partial charge in [-0.3, -0.25) is 14.5 Å². The molecule has 2 heterocycles. The third-order valence-electron chi connectivity index (χ3n) is 9.51. The molecule has 35 heavy (non-hydrogen) atoms. The van der Waals surface area contributed by atoms with Crippen LogP contribution in [0.3, 0.4) is 0 Å². The van der Waals surface area contributed by atoms with Crippen LogP contribution in [0, 0.1) is 29.6 Å². The fourth-order valence-corrected chi connectivity index (χ4v) is 7.84. The number of aromatic nitrogens is 1. The van der Waals surface area contributed by atoms with Crippen molar-refractivity contribution >= 4 is 5.91 Å². The summed E-state index contributed by atoms with van der Waals surface area (Å²) in [6.45, 7) is 5.30. The van der Waals surface area contributed by atoms with Crippen LogP contribution in [-0.4, -0.2) is 73.7 Å². The number of amides is 1. The summed E-state index contributed by atoms with van der Waals surface area (Å²) in [7, 11) is 3.92. The maximum Gasteiger partial charge on any atom is 0.261 e. The Morgan fingerprint density at radius 3 is 2.43 bits per heavy atom. The van der Waals surface area contributed by atoms with Gasteiger partial charge in [-0.25, -0.2) is 0 Å². The van der Waals surface area contributed by atoms with Crippen LogP contribution in [0.1, 0.15) is 67.4 Å². The molecule has 194 valence electrons. The number of piperidine rings is 1. The molecule has 4 aliphatic carbocycles. The Morgan fingerprint density at radius 2 is 1.80 bits per heavy atom. The molecule has 4 bridgehead atoms. The molecule has 1 amide bonds. The Bertz CT molecular complexity index is 895. The van der Waals surface area contributed by atoms with Crippen LogP contribution >= 0.6 is 0 Å². The monoisotopic (exact) mass is 484 g/mol. The molecule has 1 aromatic rings. The van der Waals surface area contributed by atoms with Crippen LogP contribution in [0.2, 0.25) is 0 Å². The van der Waals surface area contributed by atoms with Gasteiger partial charge < -0.3 is 19.9 Å². The number of carbonyl (C=O) groups is 1. The number of carbonyl (C=O) groups excluding carboxylic acids is 1. The number of aromatic amines is 1. The molecule has 7 nitrogen and oxygen atoms in total. The lowest BCUT2D eigenvalue weighted by Crippen LogP contribution is -2.49. The van der Waals surface area contributed by atoms with E-state index < -0.39 is 0 Å². The van der Waals surface area contributed by atoms with Gasteiger partial charge in [0.15, 0.2) is 0 Å².